The van der Waals surface area contributed by atoms with Crippen LogP contribution >= 0.6 is 0 Å². The highest BCUT2D eigenvalue weighted by molar-refractivity contribution is 5.55. The summed E-state index contributed by atoms with van der Waals surface area (Å²) in [5.74, 6) is 6.98. The Kier molecular flexibility index (Phi) is 9.75. The van der Waals surface area contributed by atoms with Crippen LogP contribution in [0.3, 0.4) is 0 Å². The predicted molar refractivity (Wildman–Crippen MR) is 207 cm³/mol. The van der Waals surface area contributed by atoms with Crippen molar-refractivity contribution < 1.29 is 27.7 Å². The Morgan fingerprint density at radius 2 is 1.02 bits per heavy atom. The summed E-state index contributed by atoms with van der Waals surface area (Å²) >= 11 is 0. The molecule has 4 saturated carbocycles. The van der Waals surface area contributed by atoms with Crippen molar-refractivity contribution in [3.8, 4) is 23.0 Å². The number of nitrogens with zero attached hydrogens (tertiary/aromatic N) is 6. The molecule has 4 heterocycles. The molecule has 292 valence electrons. The number of halogens is 2. The molecule has 4 aliphatic carbocycles. The van der Waals surface area contributed by atoms with Crippen LogP contribution in [-0.4, -0.2) is 56.6 Å². The van der Waals surface area contributed by atoms with Gasteiger partial charge in [0, 0.05) is 59.3 Å². The summed E-state index contributed by atoms with van der Waals surface area (Å²) in [5, 5.41) is 17.5. The molecule has 0 amide bonds. The van der Waals surface area contributed by atoms with Crippen molar-refractivity contribution in [1.29, 1.82) is 0 Å². The molecule has 0 spiro atoms. The van der Waals surface area contributed by atoms with Gasteiger partial charge in [-0.25, -0.2) is 8.78 Å². The molecule has 0 aliphatic heterocycles. The molecule has 0 saturated heterocycles. The number of hydrogen-bond acceptors (Lipinski definition) is 8. The molecule has 10 nitrogen and oxygen atoms in total. The molecule has 4 atom stereocenters. The van der Waals surface area contributed by atoms with E-state index in [0.717, 1.165) is 83.1 Å². The number of rotatable bonds is 14. The van der Waals surface area contributed by atoms with E-state index in [2.05, 4.69) is 29.2 Å². The molecular weight excluding hydrogens is 715 g/mol. The summed E-state index contributed by atoms with van der Waals surface area (Å²) in [7, 11) is 3.17. The lowest BCUT2D eigenvalue weighted by Crippen LogP contribution is -2.05. The first-order valence-corrected chi connectivity index (χ1v) is 19.9. The van der Waals surface area contributed by atoms with Crippen molar-refractivity contribution in [2.75, 3.05) is 27.4 Å². The van der Waals surface area contributed by atoms with Gasteiger partial charge in [-0.05, 0) is 112 Å². The van der Waals surface area contributed by atoms with Crippen LogP contribution in [0, 0.1) is 49.2 Å². The molecule has 6 aromatic rings. The van der Waals surface area contributed by atoms with Gasteiger partial charge in [-0.3, -0.25) is 8.80 Å². The van der Waals surface area contributed by atoms with Crippen molar-refractivity contribution in [1.82, 2.24) is 29.2 Å². The number of hydrogen-bond donors (Lipinski definition) is 0. The van der Waals surface area contributed by atoms with Gasteiger partial charge in [-0.2, -0.15) is 0 Å². The number of ether oxygens (including phenoxy) is 4. The van der Waals surface area contributed by atoms with Crippen molar-refractivity contribution in [2.24, 2.45) is 23.7 Å². The Bertz CT molecular complexity index is 2220. The van der Waals surface area contributed by atoms with Gasteiger partial charge in [0.25, 0.3) is 0 Å². The highest BCUT2D eigenvalue weighted by Gasteiger charge is 2.43. The van der Waals surface area contributed by atoms with Gasteiger partial charge >= 0.3 is 0 Å². The zero-order valence-corrected chi connectivity index (χ0v) is 32.4. The molecule has 4 aromatic heterocycles. The quantitative estimate of drug-likeness (QED) is 0.109. The largest absolute Gasteiger partial charge is 0.496 e. The standard InChI is InChI=1S/2C22H24FN3O2/c2*1-13-18(8-9-26-20(10-14-6-7-14)24-25-22(13)26)28-12-15-11-16(15)21-17(23)4-3-5-19(21)27-2/h2*3-5,8-9,14-16H,6-7,10-12H2,1-2H3/t2*15-,16+/m10/s1. The first-order valence-electron chi connectivity index (χ1n) is 19.9. The van der Waals surface area contributed by atoms with Crippen molar-refractivity contribution >= 4 is 11.3 Å². The second-order valence-corrected chi connectivity index (χ2v) is 16.1. The fraction of sp³-hybridized carbons (Fsp3) is 0.455. The summed E-state index contributed by atoms with van der Waals surface area (Å²) in [5.41, 5.74) is 5.06. The molecule has 0 bridgehead atoms. The summed E-state index contributed by atoms with van der Waals surface area (Å²) in [6.45, 7) is 5.15. The molecule has 0 radical (unpaired) electrons. The minimum absolute atomic E-state index is 0.151. The summed E-state index contributed by atoms with van der Waals surface area (Å²) in [4.78, 5) is 0. The Hall–Kier alpha value is -5.26. The molecule has 0 N–H and O–H groups in total. The van der Waals surface area contributed by atoms with Crippen LogP contribution in [0.2, 0.25) is 0 Å². The third kappa shape index (κ3) is 7.37. The van der Waals surface area contributed by atoms with Crippen LogP contribution in [0.25, 0.3) is 11.3 Å². The first kappa shape index (κ1) is 36.4. The summed E-state index contributed by atoms with van der Waals surface area (Å²) in [6, 6.07) is 14.0. The minimum Gasteiger partial charge on any atom is -0.496 e. The summed E-state index contributed by atoms with van der Waals surface area (Å²) < 4.78 is 55.5. The number of methoxy groups -OCH3 is 2. The molecule has 2 aromatic carbocycles. The van der Waals surface area contributed by atoms with Crippen LogP contribution in [0.5, 0.6) is 23.0 Å². The number of aryl methyl sites for hydroxylation is 2. The van der Waals surface area contributed by atoms with Crippen LogP contribution < -0.4 is 18.9 Å². The van der Waals surface area contributed by atoms with Crippen LogP contribution in [0.1, 0.15) is 84.3 Å². The topological polar surface area (TPSA) is 97.3 Å². The predicted octanol–water partition coefficient (Wildman–Crippen LogP) is 8.64. The van der Waals surface area contributed by atoms with E-state index < -0.39 is 0 Å². The van der Waals surface area contributed by atoms with E-state index in [-0.39, 0.29) is 23.5 Å². The highest BCUT2D eigenvalue weighted by Crippen LogP contribution is 2.52. The Morgan fingerprint density at radius 3 is 1.41 bits per heavy atom. The Labute approximate surface area is 325 Å². The molecule has 56 heavy (non-hydrogen) atoms. The smallest absolute Gasteiger partial charge is 0.167 e. The van der Waals surface area contributed by atoms with Gasteiger partial charge in [-0.1, -0.05) is 12.1 Å². The van der Waals surface area contributed by atoms with Crippen molar-refractivity contribution in [3.63, 3.8) is 0 Å². The number of benzene rings is 2. The van der Waals surface area contributed by atoms with E-state index in [1.54, 1.807) is 26.4 Å². The van der Waals surface area contributed by atoms with E-state index in [9.17, 15) is 8.78 Å². The Morgan fingerprint density at radius 1 is 0.589 bits per heavy atom. The highest BCUT2D eigenvalue weighted by atomic mass is 19.1. The average molecular weight is 763 g/mol. The fourth-order valence-electron chi connectivity index (χ4n) is 8.05. The second kappa shape index (κ2) is 15.0. The SMILES string of the molecule is COc1cccc(F)c1[C@@H]1C[C@H]1COc1ccn2c(CC3CC3)nnc2c1C.COc1cccc(F)c1[C@H]1C[C@@H]1COc1ccn2c(CC3CC3)nnc2c1C. The Balaban J connectivity index is 0.000000146. The molecule has 12 heteroatoms. The van der Waals surface area contributed by atoms with Gasteiger partial charge in [0.2, 0.25) is 0 Å². The van der Waals surface area contributed by atoms with Gasteiger partial charge in [-0.15, -0.1) is 20.4 Å². The number of fused-ring (bicyclic) bond motifs is 2. The van der Waals surface area contributed by atoms with Crippen molar-refractivity contribution in [2.45, 2.75) is 77.0 Å². The van der Waals surface area contributed by atoms with E-state index in [0.29, 0.717) is 47.7 Å². The van der Waals surface area contributed by atoms with Gasteiger partial charge < -0.3 is 18.9 Å². The maximum atomic E-state index is 14.3. The fourth-order valence-corrected chi connectivity index (χ4v) is 8.05. The van der Waals surface area contributed by atoms with Crippen LogP contribution in [0.4, 0.5) is 8.78 Å². The zero-order valence-electron chi connectivity index (χ0n) is 32.4. The average Bonchev–Trinajstić information content (AvgIpc) is 4.02. The maximum absolute atomic E-state index is 14.3. The first-order chi connectivity index (χ1) is 27.3. The molecule has 10 rings (SSSR count). The van der Waals surface area contributed by atoms with Gasteiger partial charge in [0.05, 0.1) is 27.4 Å². The maximum Gasteiger partial charge on any atom is 0.167 e. The zero-order chi connectivity index (χ0) is 38.5. The minimum atomic E-state index is -0.198. The van der Waals surface area contributed by atoms with E-state index in [1.165, 1.54) is 37.8 Å². The van der Waals surface area contributed by atoms with Gasteiger partial charge in [0.15, 0.2) is 11.3 Å². The molecular formula is C44H48F2N6O4. The third-order valence-corrected chi connectivity index (χ3v) is 12.0. The lowest BCUT2D eigenvalue weighted by molar-refractivity contribution is 0.294. The monoisotopic (exact) mass is 762 g/mol. The molecule has 4 aliphatic rings. The van der Waals surface area contributed by atoms with Crippen LogP contribution in [0.15, 0.2) is 60.9 Å². The lowest BCUT2D eigenvalue weighted by Gasteiger charge is -2.11. The van der Waals surface area contributed by atoms with E-state index >= 15 is 0 Å². The normalized spacial score (nSPS) is 21.1. The van der Waals surface area contributed by atoms with E-state index in [1.807, 2.05) is 50.5 Å². The number of pyridine rings is 2. The lowest BCUT2D eigenvalue weighted by atomic mass is 10.1. The van der Waals surface area contributed by atoms with Crippen LogP contribution in [-0.2, 0) is 12.8 Å². The number of aromatic nitrogens is 6. The third-order valence-electron chi connectivity index (χ3n) is 12.0. The molecule has 0 unspecified atom stereocenters. The second-order valence-electron chi connectivity index (χ2n) is 16.1. The summed E-state index contributed by atoms with van der Waals surface area (Å²) in [6.07, 6.45) is 13.0. The molecule has 4 fully saturated rings. The van der Waals surface area contributed by atoms with Gasteiger partial charge in [0.1, 0.15) is 46.3 Å². The van der Waals surface area contributed by atoms with E-state index in [4.69, 9.17) is 18.9 Å². The van der Waals surface area contributed by atoms with Crippen molar-refractivity contribution in [3.05, 3.63) is 106 Å².